The molecule has 0 spiro atoms. The number of nitrogens with two attached hydrogens (primary N) is 1. The summed E-state index contributed by atoms with van der Waals surface area (Å²) in [5, 5.41) is 8.33. The van der Waals surface area contributed by atoms with Crippen LogP contribution in [0.1, 0.15) is 50.5 Å². The van der Waals surface area contributed by atoms with Crippen molar-refractivity contribution in [1.29, 1.82) is 0 Å². The maximum Gasteiger partial charge on any atom is 0.247 e. The molecule has 1 aliphatic heterocycles. The topological polar surface area (TPSA) is 105 Å². The third kappa shape index (κ3) is 6.60. The Kier molecular flexibility index (Phi) is 10.1. The first kappa shape index (κ1) is 27.1. The van der Waals surface area contributed by atoms with Crippen LogP contribution in [0.4, 0.5) is 0 Å². The van der Waals surface area contributed by atoms with Crippen molar-refractivity contribution < 1.29 is 14.4 Å². The molecule has 1 saturated carbocycles. The van der Waals surface area contributed by atoms with E-state index < -0.39 is 12.1 Å². The standard InChI is InChI=1S/C27H36N4O3.ClH/c28-14-6-16-30-25(32)24(18-19-12-13-20-7-1-4-10-22(20)17-19)31(26(33)21-8-2-3-9-21)27(34)23-11-5-15-29-23;/h1,4,7,10,12-13,17,21,23-24,29H,2-3,5-6,8-9,11,14-16,18,28H2,(H,30,32);1H/t23-,24+;/m0./s1. The van der Waals surface area contributed by atoms with E-state index in [-0.39, 0.29) is 42.5 Å². The summed E-state index contributed by atoms with van der Waals surface area (Å²) in [6, 6.07) is 12.8. The fourth-order valence-corrected chi connectivity index (χ4v) is 5.17. The Hall–Kier alpha value is -2.48. The van der Waals surface area contributed by atoms with Crippen molar-refractivity contribution in [3.63, 3.8) is 0 Å². The number of rotatable bonds is 9. The molecule has 1 heterocycles. The van der Waals surface area contributed by atoms with E-state index in [2.05, 4.69) is 10.6 Å². The van der Waals surface area contributed by atoms with Crippen molar-refractivity contribution in [3.8, 4) is 0 Å². The lowest BCUT2D eigenvalue weighted by Gasteiger charge is -2.33. The first-order valence-electron chi connectivity index (χ1n) is 12.6. The minimum atomic E-state index is -0.887. The number of halogens is 1. The fourth-order valence-electron chi connectivity index (χ4n) is 5.17. The largest absolute Gasteiger partial charge is 0.354 e. The van der Waals surface area contributed by atoms with Gasteiger partial charge in [-0.05, 0) is 61.5 Å². The van der Waals surface area contributed by atoms with E-state index in [9.17, 15) is 14.4 Å². The van der Waals surface area contributed by atoms with Gasteiger partial charge in [-0.2, -0.15) is 0 Å². The van der Waals surface area contributed by atoms with Gasteiger partial charge in [-0.1, -0.05) is 55.3 Å². The minimum Gasteiger partial charge on any atom is -0.354 e. The van der Waals surface area contributed by atoms with Gasteiger partial charge >= 0.3 is 0 Å². The zero-order valence-electron chi connectivity index (χ0n) is 20.2. The van der Waals surface area contributed by atoms with Gasteiger partial charge in [0.1, 0.15) is 6.04 Å². The van der Waals surface area contributed by atoms with Crippen molar-refractivity contribution in [2.75, 3.05) is 19.6 Å². The molecule has 2 aliphatic rings. The summed E-state index contributed by atoms with van der Waals surface area (Å²) < 4.78 is 0. The predicted molar refractivity (Wildman–Crippen MR) is 140 cm³/mol. The monoisotopic (exact) mass is 500 g/mol. The molecule has 35 heavy (non-hydrogen) atoms. The second kappa shape index (κ2) is 13.0. The third-order valence-electron chi connectivity index (χ3n) is 7.08. The van der Waals surface area contributed by atoms with Crippen molar-refractivity contribution in [2.24, 2.45) is 11.7 Å². The van der Waals surface area contributed by atoms with Crippen LogP contribution in [0, 0.1) is 5.92 Å². The second-order valence-electron chi connectivity index (χ2n) is 9.51. The zero-order valence-corrected chi connectivity index (χ0v) is 21.0. The van der Waals surface area contributed by atoms with Gasteiger partial charge in [-0.3, -0.25) is 19.3 Å². The number of hydrogen-bond donors (Lipinski definition) is 3. The van der Waals surface area contributed by atoms with Crippen LogP contribution < -0.4 is 16.4 Å². The van der Waals surface area contributed by atoms with Crippen molar-refractivity contribution >= 4 is 40.9 Å². The zero-order chi connectivity index (χ0) is 23.9. The van der Waals surface area contributed by atoms with E-state index in [4.69, 9.17) is 5.73 Å². The number of nitrogens with zero attached hydrogens (tertiary/aromatic N) is 1. The van der Waals surface area contributed by atoms with Gasteiger partial charge in [0.15, 0.2) is 0 Å². The molecule has 4 N–H and O–H groups in total. The van der Waals surface area contributed by atoms with Crippen LogP contribution in [-0.4, -0.2) is 54.3 Å². The second-order valence-corrected chi connectivity index (χ2v) is 9.51. The molecule has 2 atom stereocenters. The summed E-state index contributed by atoms with van der Waals surface area (Å²) in [7, 11) is 0. The smallest absolute Gasteiger partial charge is 0.247 e. The molecule has 0 radical (unpaired) electrons. The first-order valence-corrected chi connectivity index (χ1v) is 12.6. The molecule has 2 fully saturated rings. The molecule has 8 heteroatoms. The number of amides is 3. The van der Waals surface area contributed by atoms with Crippen molar-refractivity contribution in [2.45, 2.75) is 63.5 Å². The van der Waals surface area contributed by atoms with E-state index in [0.717, 1.165) is 55.0 Å². The first-order chi connectivity index (χ1) is 16.6. The quantitative estimate of drug-likeness (QED) is 0.362. The highest BCUT2D eigenvalue weighted by Gasteiger charge is 2.41. The van der Waals surface area contributed by atoms with E-state index >= 15 is 0 Å². The van der Waals surface area contributed by atoms with Gasteiger partial charge < -0.3 is 16.4 Å². The third-order valence-corrected chi connectivity index (χ3v) is 7.08. The van der Waals surface area contributed by atoms with Crippen molar-refractivity contribution in [3.05, 3.63) is 48.0 Å². The molecule has 0 bridgehead atoms. The highest BCUT2D eigenvalue weighted by atomic mass is 35.5. The lowest BCUT2D eigenvalue weighted by atomic mass is 9.97. The number of fused-ring (bicyclic) bond motifs is 1. The van der Waals surface area contributed by atoms with Gasteiger partial charge in [0, 0.05) is 18.9 Å². The Morgan fingerprint density at radius 1 is 1.00 bits per heavy atom. The van der Waals surface area contributed by atoms with E-state index in [1.165, 1.54) is 4.90 Å². The van der Waals surface area contributed by atoms with Crippen LogP contribution in [0.3, 0.4) is 0 Å². The fraction of sp³-hybridized carbons (Fsp3) is 0.519. The number of imide groups is 1. The summed E-state index contributed by atoms with van der Waals surface area (Å²) in [4.78, 5) is 42.1. The summed E-state index contributed by atoms with van der Waals surface area (Å²) in [5.41, 5.74) is 6.54. The number of nitrogens with one attached hydrogen (secondary N) is 2. The van der Waals surface area contributed by atoms with Gasteiger partial charge in [-0.25, -0.2) is 0 Å². The van der Waals surface area contributed by atoms with Crippen LogP contribution in [-0.2, 0) is 20.8 Å². The summed E-state index contributed by atoms with van der Waals surface area (Å²) >= 11 is 0. The van der Waals surface area contributed by atoms with Crippen LogP contribution in [0.5, 0.6) is 0 Å². The highest BCUT2D eigenvalue weighted by molar-refractivity contribution is 6.03. The maximum atomic E-state index is 13.7. The number of carbonyl (C=O) groups is 3. The Morgan fingerprint density at radius 2 is 1.74 bits per heavy atom. The molecule has 3 amide bonds. The molecule has 0 aromatic heterocycles. The SMILES string of the molecule is Cl.NCCCNC(=O)[C@@H](Cc1ccc2ccccc2c1)N(C(=O)C1CCCC1)C(=O)[C@@H]1CCCN1. The van der Waals surface area contributed by atoms with Crippen LogP contribution in [0.25, 0.3) is 10.8 Å². The average Bonchev–Trinajstić information content (AvgIpc) is 3.58. The van der Waals surface area contributed by atoms with Crippen LogP contribution in [0.2, 0.25) is 0 Å². The number of carbonyl (C=O) groups excluding carboxylic acids is 3. The van der Waals surface area contributed by atoms with Crippen LogP contribution >= 0.6 is 12.4 Å². The highest BCUT2D eigenvalue weighted by Crippen LogP contribution is 2.29. The van der Waals surface area contributed by atoms with E-state index in [1.807, 2.05) is 42.5 Å². The lowest BCUT2D eigenvalue weighted by Crippen LogP contribution is -2.58. The molecular formula is C27H37ClN4O3. The lowest BCUT2D eigenvalue weighted by molar-refractivity contribution is -0.155. The number of hydrogen-bond acceptors (Lipinski definition) is 5. The summed E-state index contributed by atoms with van der Waals surface area (Å²) in [5.74, 6) is -0.953. The van der Waals surface area contributed by atoms with Gasteiger partial charge in [0.2, 0.25) is 17.7 Å². The Labute approximate surface area is 213 Å². The van der Waals surface area contributed by atoms with Gasteiger partial charge in [-0.15, -0.1) is 12.4 Å². The van der Waals surface area contributed by atoms with Gasteiger partial charge in [0.05, 0.1) is 6.04 Å². The minimum absolute atomic E-state index is 0. The predicted octanol–water partition coefficient (Wildman–Crippen LogP) is 2.94. The van der Waals surface area contributed by atoms with E-state index in [1.54, 1.807) is 0 Å². The molecular weight excluding hydrogens is 464 g/mol. The van der Waals surface area contributed by atoms with Crippen LogP contribution in [0.15, 0.2) is 42.5 Å². The molecule has 1 saturated heterocycles. The maximum absolute atomic E-state index is 13.7. The molecule has 2 aromatic carbocycles. The van der Waals surface area contributed by atoms with Crippen molar-refractivity contribution in [1.82, 2.24) is 15.5 Å². The average molecular weight is 501 g/mol. The molecule has 7 nitrogen and oxygen atoms in total. The normalized spacial score (nSPS) is 18.7. The van der Waals surface area contributed by atoms with Gasteiger partial charge in [0.25, 0.3) is 0 Å². The number of benzene rings is 2. The molecule has 190 valence electrons. The summed E-state index contributed by atoms with van der Waals surface area (Å²) in [6.45, 7) is 1.63. The summed E-state index contributed by atoms with van der Waals surface area (Å²) in [6.07, 6.45) is 6.02. The molecule has 4 rings (SSSR count). The Bertz CT molecular complexity index is 990. The Balaban J connectivity index is 0.00000342. The molecule has 0 unspecified atom stereocenters. The van der Waals surface area contributed by atoms with E-state index in [0.29, 0.717) is 25.9 Å². The Morgan fingerprint density at radius 3 is 2.43 bits per heavy atom. The molecule has 2 aromatic rings. The molecule has 1 aliphatic carbocycles.